The van der Waals surface area contributed by atoms with Gasteiger partial charge in [0.2, 0.25) is 10.9 Å². The van der Waals surface area contributed by atoms with Crippen LogP contribution in [-0.2, 0) is 0 Å². The van der Waals surface area contributed by atoms with Crippen LogP contribution in [0.1, 0.15) is 16.2 Å². The van der Waals surface area contributed by atoms with E-state index in [1.54, 1.807) is 16.6 Å². The molecule has 0 atom stereocenters. The Kier molecular flexibility index (Phi) is 4.84. The summed E-state index contributed by atoms with van der Waals surface area (Å²) in [4.78, 5) is 21.4. The van der Waals surface area contributed by atoms with Crippen LogP contribution in [-0.4, -0.2) is 35.7 Å². The molecule has 4 aromatic heterocycles. The number of oxazole rings is 1. The van der Waals surface area contributed by atoms with E-state index in [-0.39, 0.29) is 11.7 Å². The molecule has 0 fully saturated rings. The van der Waals surface area contributed by atoms with Gasteiger partial charge in [-0.2, -0.15) is 5.10 Å². The first-order valence-electron chi connectivity index (χ1n) is 9.26. The lowest BCUT2D eigenvalue weighted by Gasteiger charge is -2.08. The van der Waals surface area contributed by atoms with E-state index in [4.69, 9.17) is 4.42 Å². The Bertz CT molecular complexity index is 1340. The molecule has 10 nitrogen and oxygen atoms in total. The molecule has 11 heteroatoms. The van der Waals surface area contributed by atoms with Gasteiger partial charge in [0.25, 0.3) is 5.91 Å². The fraction of sp³-hybridized carbons (Fsp3) is 0.0500. The highest BCUT2D eigenvalue weighted by Gasteiger charge is 2.12. The van der Waals surface area contributed by atoms with Crippen molar-refractivity contribution in [2.75, 3.05) is 10.6 Å². The van der Waals surface area contributed by atoms with Gasteiger partial charge >= 0.3 is 0 Å². The zero-order chi connectivity index (χ0) is 21.2. The molecule has 5 rings (SSSR count). The number of carbonyl (C=O) groups is 1. The number of fused-ring (bicyclic) bond motifs is 1. The molecule has 0 unspecified atom stereocenters. The molecule has 0 aliphatic carbocycles. The van der Waals surface area contributed by atoms with Gasteiger partial charge in [0, 0.05) is 28.5 Å². The maximum absolute atomic E-state index is 12.1. The van der Waals surface area contributed by atoms with Crippen LogP contribution in [0.15, 0.2) is 75.7 Å². The average molecular weight is 432 g/mol. The molecule has 4 heterocycles. The van der Waals surface area contributed by atoms with E-state index in [9.17, 15) is 4.79 Å². The number of benzene rings is 1. The number of nitrogens with one attached hydrogen (secondary N) is 3. The molecule has 1 aromatic carbocycles. The molecular formula is C20H16N8O2S. The number of amides is 1. The first-order valence-corrected chi connectivity index (χ1v) is 10.1. The number of hydrogen-bond acceptors (Lipinski definition) is 8. The number of rotatable bonds is 6. The summed E-state index contributed by atoms with van der Waals surface area (Å²) in [7, 11) is 0. The number of nitrogens with zero attached hydrogens (tertiary/aromatic N) is 5. The fourth-order valence-corrected chi connectivity index (χ4v) is 3.63. The SMILES string of the molecule is Cc1cc(Nc2nc(Sc3ccc(NC(=O)c4cnco4)cc3)nn3cccc23)n[nH]1. The molecule has 5 aromatic rings. The van der Waals surface area contributed by atoms with Crippen molar-refractivity contribution in [3.05, 3.63) is 72.7 Å². The monoisotopic (exact) mass is 432 g/mol. The predicted octanol–water partition coefficient (Wildman–Crippen LogP) is 3.90. The summed E-state index contributed by atoms with van der Waals surface area (Å²) >= 11 is 1.41. The van der Waals surface area contributed by atoms with E-state index < -0.39 is 0 Å². The molecule has 0 bridgehead atoms. The highest BCUT2D eigenvalue weighted by Crippen LogP contribution is 2.29. The minimum atomic E-state index is -0.358. The van der Waals surface area contributed by atoms with Gasteiger partial charge < -0.3 is 15.1 Å². The third-order valence-electron chi connectivity index (χ3n) is 4.30. The lowest BCUT2D eigenvalue weighted by atomic mass is 10.3. The summed E-state index contributed by atoms with van der Waals surface area (Å²) in [5.41, 5.74) is 2.44. The van der Waals surface area contributed by atoms with Crippen LogP contribution >= 0.6 is 11.8 Å². The number of hydrogen-bond donors (Lipinski definition) is 3. The zero-order valence-corrected chi connectivity index (χ0v) is 17.1. The molecule has 3 N–H and O–H groups in total. The zero-order valence-electron chi connectivity index (χ0n) is 16.2. The Morgan fingerprint density at radius 2 is 2.10 bits per heavy atom. The molecular weight excluding hydrogens is 416 g/mol. The summed E-state index contributed by atoms with van der Waals surface area (Å²) in [6.45, 7) is 1.93. The topological polar surface area (TPSA) is 126 Å². The van der Waals surface area contributed by atoms with Crippen LogP contribution in [0.2, 0.25) is 0 Å². The minimum Gasteiger partial charge on any atom is -0.438 e. The van der Waals surface area contributed by atoms with E-state index in [1.165, 1.54) is 24.4 Å². The van der Waals surface area contributed by atoms with Crippen molar-refractivity contribution in [1.82, 2.24) is 29.8 Å². The molecule has 0 saturated carbocycles. The van der Waals surface area contributed by atoms with Crippen molar-refractivity contribution in [2.24, 2.45) is 0 Å². The lowest BCUT2D eigenvalue weighted by molar-refractivity contribution is 0.0996. The molecule has 31 heavy (non-hydrogen) atoms. The smallest absolute Gasteiger partial charge is 0.293 e. The summed E-state index contributed by atoms with van der Waals surface area (Å²) in [6, 6.07) is 13.1. The van der Waals surface area contributed by atoms with Gasteiger partial charge in [-0.15, -0.1) is 5.10 Å². The van der Waals surface area contributed by atoms with E-state index in [0.717, 1.165) is 16.1 Å². The Morgan fingerprint density at radius 3 is 2.84 bits per heavy atom. The predicted molar refractivity (Wildman–Crippen MR) is 115 cm³/mol. The average Bonchev–Trinajstić information content (AvgIpc) is 3.51. The van der Waals surface area contributed by atoms with Crippen molar-refractivity contribution >= 4 is 40.5 Å². The van der Waals surface area contributed by atoms with Crippen molar-refractivity contribution in [3.63, 3.8) is 0 Å². The van der Waals surface area contributed by atoms with Crippen LogP contribution in [0.4, 0.5) is 17.3 Å². The van der Waals surface area contributed by atoms with Crippen LogP contribution in [0.5, 0.6) is 0 Å². The second kappa shape index (κ2) is 7.95. The second-order valence-electron chi connectivity index (χ2n) is 6.59. The molecule has 154 valence electrons. The number of carbonyl (C=O) groups excluding carboxylic acids is 1. The maximum Gasteiger partial charge on any atom is 0.293 e. The maximum atomic E-state index is 12.1. The summed E-state index contributed by atoms with van der Waals surface area (Å²) in [5.74, 6) is 1.13. The lowest BCUT2D eigenvalue weighted by Crippen LogP contribution is -2.10. The summed E-state index contributed by atoms with van der Waals surface area (Å²) in [6.07, 6.45) is 4.45. The van der Waals surface area contributed by atoms with E-state index in [2.05, 4.69) is 35.9 Å². The molecule has 0 radical (unpaired) electrons. The fourth-order valence-electron chi connectivity index (χ4n) is 2.89. The van der Waals surface area contributed by atoms with Gasteiger partial charge in [0.15, 0.2) is 18.0 Å². The van der Waals surface area contributed by atoms with Crippen LogP contribution < -0.4 is 10.6 Å². The molecule has 0 aliphatic rings. The second-order valence-corrected chi connectivity index (χ2v) is 7.63. The third-order valence-corrected chi connectivity index (χ3v) is 5.16. The summed E-state index contributed by atoms with van der Waals surface area (Å²) < 4.78 is 6.76. The van der Waals surface area contributed by atoms with Gasteiger partial charge in [-0.3, -0.25) is 9.89 Å². The number of anilines is 3. The van der Waals surface area contributed by atoms with Gasteiger partial charge in [0.1, 0.15) is 5.52 Å². The normalized spacial score (nSPS) is 11.0. The van der Waals surface area contributed by atoms with E-state index in [1.807, 2.05) is 43.5 Å². The van der Waals surface area contributed by atoms with Crippen LogP contribution in [0.3, 0.4) is 0 Å². The number of aromatic amines is 1. The number of aryl methyl sites for hydroxylation is 1. The van der Waals surface area contributed by atoms with Crippen LogP contribution in [0.25, 0.3) is 5.52 Å². The number of aromatic nitrogens is 6. The van der Waals surface area contributed by atoms with Crippen molar-refractivity contribution < 1.29 is 9.21 Å². The molecule has 0 aliphatic heterocycles. The Balaban J connectivity index is 1.34. The summed E-state index contributed by atoms with van der Waals surface area (Å²) in [5, 5.41) is 18.2. The first-order chi connectivity index (χ1) is 15.1. The van der Waals surface area contributed by atoms with Crippen molar-refractivity contribution in [1.29, 1.82) is 0 Å². The number of H-pyrrole nitrogens is 1. The molecule has 1 amide bonds. The highest BCUT2D eigenvalue weighted by atomic mass is 32.2. The van der Waals surface area contributed by atoms with Crippen molar-refractivity contribution in [3.8, 4) is 0 Å². The van der Waals surface area contributed by atoms with Crippen LogP contribution in [0, 0.1) is 6.92 Å². The Morgan fingerprint density at radius 1 is 1.23 bits per heavy atom. The molecule has 0 spiro atoms. The Hall–Kier alpha value is -4.12. The van der Waals surface area contributed by atoms with Crippen molar-refractivity contribution in [2.45, 2.75) is 17.0 Å². The Labute approximate surface area is 180 Å². The minimum absolute atomic E-state index is 0.152. The first kappa shape index (κ1) is 18.9. The molecule has 0 saturated heterocycles. The van der Waals surface area contributed by atoms with Gasteiger partial charge in [-0.25, -0.2) is 14.5 Å². The van der Waals surface area contributed by atoms with Gasteiger partial charge in [0.05, 0.1) is 6.20 Å². The largest absolute Gasteiger partial charge is 0.438 e. The van der Waals surface area contributed by atoms with Gasteiger partial charge in [-0.05, 0) is 55.1 Å². The van der Waals surface area contributed by atoms with Gasteiger partial charge in [-0.1, -0.05) is 0 Å². The third kappa shape index (κ3) is 4.12. The van der Waals surface area contributed by atoms with E-state index >= 15 is 0 Å². The standard InChI is InChI=1S/C20H16N8O2S/c1-12-9-17(26-25-12)23-18-15-3-2-8-28(15)27-20(24-18)31-14-6-4-13(5-7-14)22-19(29)16-10-21-11-30-16/h2-11H,1H3,(H,22,29)(H2,23,24,25,26,27). The highest BCUT2D eigenvalue weighted by molar-refractivity contribution is 7.99. The quantitative estimate of drug-likeness (QED) is 0.369. The van der Waals surface area contributed by atoms with E-state index in [0.29, 0.717) is 22.5 Å².